The first kappa shape index (κ1) is 22.3. The first-order valence-electron chi connectivity index (χ1n) is 9.84. The van der Waals surface area contributed by atoms with Crippen molar-refractivity contribution in [1.82, 2.24) is 15.1 Å². The number of para-hydroxylation sites is 1. The minimum atomic E-state index is -0.874. The normalized spacial score (nSPS) is 14.5. The van der Waals surface area contributed by atoms with Crippen LogP contribution >= 0.6 is 11.3 Å². The van der Waals surface area contributed by atoms with Gasteiger partial charge in [-0.05, 0) is 30.5 Å². The number of urea groups is 1. The van der Waals surface area contributed by atoms with Crippen LogP contribution in [0.15, 0.2) is 47.8 Å². The molecule has 1 atom stereocenters. The second-order valence-corrected chi connectivity index (χ2v) is 7.89. The number of nitrogens with zero attached hydrogens (tertiary/aromatic N) is 2. The van der Waals surface area contributed by atoms with Crippen molar-refractivity contribution in [3.05, 3.63) is 52.7 Å². The smallest absolute Gasteiger partial charge is 0.328 e. The minimum absolute atomic E-state index is 0.222. The lowest BCUT2D eigenvalue weighted by molar-refractivity contribution is -0.153. The Balaban J connectivity index is 1.38. The van der Waals surface area contributed by atoms with Crippen molar-refractivity contribution < 1.29 is 23.9 Å². The molecule has 1 fully saturated rings. The highest BCUT2D eigenvalue weighted by molar-refractivity contribution is 7.12. The zero-order chi connectivity index (χ0) is 22.2. The van der Waals surface area contributed by atoms with E-state index in [1.807, 2.05) is 18.2 Å². The predicted octanol–water partition coefficient (Wildman–Crippen LogP) is 1.79. The second-order valence-electron chi connectivity index (χ2n) is 6.94. The molecule has 1 aromatic heterocycles. The molecule has 0 saturated carbocycles. The molecule has 1 aliphatic heterocycles. The molecule has 0 bridgehead atoms. The van der Waals surface area contributed by atoms with Gasteiger partial charge in [0, 0.05) is 31.9 Å². The summed E-state index contributed by atoms with van der Waals surface area (Å²) in [5, 5.41) is 7.12. The summed E-state index contributed by atoms with van der Waals surface area (Å²) in [7, 11) is 0. The number of thiophene rings is 1. The molecule has 2 heterocycles. The zero-order valence-corrected chi connectivity index (χ0v) is 17.9. The Morgan fingerprint density at radius 1 is 1.00 bits per heavy atom. The van der Waals surface area contributed by atoms with Gasteiger partial charge in [-0.25, -0.2) is 9.59 Å². The van der Waals surface area contributed by atoms with Gasteiger partial charge in [-0.1, -0.05) is 24.3 Å². The molecule has 0 aliphatic carbocycles. The number of hydrogen-bond acceptors (Lipinski definition) is 6. The molecular weight excluding hydrogens is 420 g/mol. The van der Waals surface area contributed by atoms with Gasteiger partial charge in [-0.3, -0.25) is 9.59 Å². The van der Waals surface area contributed by atoms with Crippen LogP contribution in [0.1, 0.15) is 16.6 Å². The summed E-state index contributed by atoms with van der Waals surface area (Å²) in [5.74, 6) is -1.39. The second kappa shape index (κ2) is 10.6. The lowest BCUT2D eigenvalue weighted by atomic mass is 10.3. The van der Waals surface area contributed by atoms with Gasteiger partial charge in [0.1, 0.15) is 6.04 Å². The van der Waals surface area contributed by atoms with Gasteiger partial charge in [0.15, 0.2) is 6.61 Å². The largest absolute Gasteiger partial charge is 0.454 e. The van der Waals surface area contributed by atoms with E-state index in [0.29, 0.717) is 36.7 Å². The van der Waals surface area contributed by atoms with Gasteiger partial charge in [0.25, 0.3) is 11.8 Å². The van der Waals surface area contributed by atoms with E-state index < -0.39 is 18.6 Å². The van der Waals surface area contributed by atoms with Crippen LogP contribution in [-0.4, -0.2) is 72.4 Å². The third-order valence-corrected chi connectivity index (χ3v) is 5.60. The van der Waals surface area contributed by atoms with Crippen molar-refractivity contribution in [2.45, 2.75) is 13.0 Å². The number of esters is 1. The number of ether oxygens (including phenoxy) is 1. The van der Waals surface area contributed by atoms with E-state index in [-0.39, 0.29) is 17.8 Å². The Morgan fingerprint density at radius 3 is 2.32 bits per heavy atom. The van der Waals surface area contributed by atoms with Crippen LogP contribution < -0.4 is 10.6 Å². The Bertz CT molecular complexity index is 911. The molecule has 4 amide bonds. The van der Waals surface area contributed by atoms with E-state index >= 15 is 0 Å². The average Bonchev–Trinajstić information content (AvgIpc) is 3.33. The molecule has 31 heavy (non-hydrogen) atoms. The minimum Gasteiger partial charge on any atom is -0.454 e. The summed E-state index contributed by atoms with van der Waals surface area (Å²) in [5.41, 5.74) is 0.707. The fourth-order valence-electron chi connectivity index (χ4n) is 2.97. The summed E-state index contributed by atoms with van der Waals surface area (Å²) in [6, 6.07) is 11.4. The highest BCUT2D eigenvalue weighted by Crippen LogP contribution is 2.10. The Labute approximate surface area is 184 Å². The number of amides is 4. The van der Waals surface area contributed by atoms with E-state index in [0.717, 1.165) is 0 Å². The van der Waals surface area contributed by atoms with Crippen molar-refractivity contribution in [3.63, 3.8) is 0 Å². The molecule has 164 valence electrons. The maximum Gasteiger partial charge on any atom is 0.328 e. The molecule has 1 aromatic carbocycles. The van der Waals surface area contributed by atoms with Crippen LogP contribution in [0.5, 0.6) is 0 Å². The molecule has 0 spiro atoms. The first-order valence-corrected chi connectivity index (χ1v) is 10.7. The summed E-state index contributed by atoms with van der Waals surface area (Å²) < 4.78 is 5.06. The first-order chi connectivity index (χ1) is 14.9. The van der Waals surface area contributed by atoms with Crippen molar-refractivity contribution in [1.29, 1.82) is 0 Å². The van der Waals surface area contributed by atoms with Crippen LogP contribution in [0.25, 0.3) is 0 Å². The molecule has 10 heteroatoms. The van der Waals surface area contributed by atoms with Crippen LogP contribution in [0, 0.1) is 0 Å². The lowest BCUT2D eigenvalue weighted by Crippen LogP contribution is -2.52. The number of hydrogen-bond donors (Lipinski definition) is 2. The van der Waals surface area contributed by atoms with Crippen molar-refractivity contribution in [2.24, 2.45) is 0 Å². The molecule has 1 aliphatic rings. The van der Waals surface area contributed by atoms with Crippen molar-refractivity contribution in [2.75, 3.05) is 38.1 Å². The summed E-state index contributed by atoms with van der Waals surface area (Å²) >= 11 is 1.27. The molecular formula is C21H24N4O5S. The van der Waals surface area contributed by atoms with Gasteiger partial charge in [-0.2, -0.15) is 0 Å². The molecule has 1 unspecified atom stereocenters. The van der Waals surface area contributed by atoms with E-state index in [9.17, 15) is 19.2 Å². The number of carbonyl (C=O) groups excluding carboxylic acids is 4. The highest BCUT2D eigenvalue weighted by Gasteiger charge is 2.26. The van der Waals surface area contributed by atoms with Gasteiger partial charge < -0.3 is 25.2 Å². The Hall–Kier alpha value is -3.40. The average molecular weight is 445 g/mol. The number of rotatable bonds is 6. The van der Waals surface area contributed by atoms with E-state index in [1.54, 1.807) is 39.4 Å². The Kier molecular flexibility index (Phi) is 7.60. The van der Waals surface area contributed by atoms with E-state index in [2.05, 4.69) is 10.6 Å². The number of benzene rings is 1. The van der Waals surface area contributed by atoms with Crippen molar-refractivity contribution >= 4 is 40.8 Å². The zero-order valence-electron chi connectivity index (χ0n) is 17.1. The predicted molar refractivity (Wildman–Crippen MR) is 116 cm³/mol. The molecule has 2 aromatic rings. The van der Waals surface area contributed by atoms with Gasteiger partial charge in [0.05, 0.1) is 4.88 Å². The van der Waals surface area contributed by atoms with Gasteiger partial charge in [-0.15, -0.1) is 11.3 Å². The van der Waals surface area contributed by atoms with Crippen molar-refractivity contribution in [3.8, 4) is 0 Å². The molecule has 3 rings (SSSR count). The number of carbonyl (C=O) groups is 4. The lowest BCUT2D eigenvalue weighted by Gasteiger charge is -2.34. The fraction of sp³-hybridized carbons (Fsp3) is 0.333. The summed E-state index contributed by atoms with van der Waals surface area (Å²) in [6.45, 7) is 2.56. The van der Waals surface area contributed by atoms with Gasteiger partial charge >= 0.3 is 12.0 Å². The van der Waals surface area contributed by atoms with E-state index in [4.69, 9.17) is 4.74 Å². The number of nitrogens with one attached hydrogen (secondary N) is 2. The summed E-state index contributed by atoms with van der Waals surface area (Å²) in [6.07, 6.45) is 0. The monoisotopic (exact) mass is 444 g/mol. The van der Waals surface area contributed by atoms with Crippen LogP contribution in [0.2, 0.25) is 0 Å². The molecule has 0 radical (unpaired) electrons. The maximum absolute atomic E-state index is 12.3. The number of piperazine rings is 1. The molecule has 1 saturated heterocycles. The number of anilines is 1. The standard InChI is InChI=1S/C21H24N4O5S/c1-15(22-19(27)17-8-5-13-31-17)20(28)30-14-18(26)24-9-11-25(12-10-24)21(29)23-16-6-3-2-4-7-16/h2-8,13,15H,9-12,14H2,1H3,(H,22,27)(H,23,29). The van der Waals surface area contributed by atoms with Crippen LogP contribution in [0.4, 0.5) is 10.5 Å². The molecule has 9 nitrogen and oxygen atoms in total. The fourth-order valence-corrected chi connectivity index (χ4v) is 3.59. The van der Waals surface area contributed by atoms with Crippen LogP contribution in [-0.2, 0) is 14.3 Å². The molecule has 2 N–H and O–H groups in total. The SMILES string of the molecule is CC(NC(=O)c1cccs1)C(=O)OCC(=O)N1CCN(C(=O)Nc2ccccc2)CC1. The quantitative estimate of drug-likeness (QED) is 0.661. The maximum atomic E-state index is 12.3. The summed E-state index contributed by atoms with van der Waals surface area (Å²) in [4.78, 5) is 52.4. The van der Waals surface area contributed by atoms with Crippen LogP contribution in [0.3, 0.4) is 0 Å². The van der Waals surface area contributed by atoms with Gasteiger partial charge in [0.2, 0.25) is 0 Å². The Morgan fingerprint density at radius 2 is 1.68 bits per heavy atom. The van der Waals surface area contributed by atoms with E-state index in [1.165, 1.54) is 18.3 Å². The third-order valence-electron chi connectivity index (χ3n) is 4.73. The topological polar surface area (TPSA) is 108 Å². The highest BCUT2D eigenvalue weighted by atomic mass is 32.1. The third kappa shape index (κ3) is 6.29.